The fourth-order valence-corrected chi connectivity index (χ4v) is 1.39. The topological polar surface area (TPSA) is 26.3 Å². The van der Waals surface area contributed by atoms with Crippen molar-refractivity contribution in [2.45, 2.75) is 34.1 Å². The van der Waals surface area contributed by atoms with Crippen LogP contribution >= 0.6 is 0 Å². The minimum atomic E-state index is -0.524. The Balaban J connectivity index is 4.42. The number of esters is 1. The Labute approximate surface area is 81.0 Å². The SMILES string of the molecule is C=CC(C)(CC(C)C)C(=O)OCC. The van der Waals surface area contributed by atoms with Gasteiger partial charge in [0.2, 0.25) is 0 Å². The zero-order valence-electron chi connectivity index (χ0n) is 9.09. The minimum absolute atomic E-state index is 0.168. The lowest BCUT2D eigenvalue weighted by molar-refractivity contribution is -0.152. The van der Waals surface area contributed by atoms with Crippen LogP contribution in [0.3, 0.4) is 0 Å². The molecule has 0 rings (SSSR count). The summed E-state index contributed by atoms with van der Waals surface area (Å²) in [5.41, 5.74) is -0.524. The molecule has 0 aromatic heterocycles. The van der Waals surface area contributed by atoms with Crippen molar-refractivity contribution >= 4 is 5.97 Å². The summed E-state index contributed by atoms with van der Waals surface area (Å²) >= 11 is 0. The molecule has 0 aromatic rings. The van der Waals surface area contributed by atoms with Gasteiger partial charge in [-0.3, -0.25) is 4.79 Å². The number of rotatable bonds is 5. The minimum Gasteiger partial charge on any atom is -0.465 e. The standard InChI is InChI=1S/C11H20O2/c1-6-11(5,8-9(3)4)10(12)13-7-2/h6,9H,1,7-8H2,2-5H3. The van der Waals surface area contributed by atoms with E-state index in [1.165, 1.54) is 0 Å². The first kappa shape index (κ1) is 12.2. The van der Waals surface area contributed by atoms with Gasteiger partial charge in [0.1, 0.15) is 0 Å². The quantitative estimate of drug-likeness (QED) is 0.485. The molecular formula is C11H20O2. The third-order valence-corrected chi connectivity index (χ3v) is 2.02. The lowest BCUT2D eigenvalue weighted by Crippen LogP contribution is -2.29. The highest BCUT2D eigenvalue weighted by Crippen LogP contribution is 2.28. The molecule has 1 atom stereocenters. The molecule has 0 N–H and O–H groups in total. The van der Waals surface area contributed by atoms with Crippen molar-refractivity contribution in [2.75, 3.05) is 6.61 Å². The van der Waals surface area contributed by atoms with E-state index in [1.807, 2.05) is 13.8 Å². The molecule has 76 valence electrons. The van der Waals surface area contributed by atoms with Crippen molar-refractivity contribution in [3.8, 4) is 0 Å². The molecule has 0 aliphatic carbocycles. The van der Waals surface area contributed by atoms with Gasteiger partial charge in [-0.2, -0.15) is 0 Å². The predicted octanol–water partition coefficient (Wildman–Crippen LogP) is 2.79. The van der Waals surface area contributed by atoms with Crippen molar-refractivity contribution in [2.24, 2.45) is 11.3 Å². The first-order chi connectivity index (χ1) is 5.96. The maximum Gasteiger partial charge on any atom is 0.315 e. The fraction of sp³-hybridized carbons (Fsp3) is 0.727. The molecule has 0 spiro atoms. The van der Waals surface area contributed by atoms with Crippen LogP contribution in [0, 0.1) is 11.3 Å². The van der Waals surface area contributed by atoms with Gasteiger partial charge in [-0.25, -0.2) is 0 Å². The molecule has 0 saturated heterocycles. The van der Waals surface area contributed by atoms with Gasteiger partial charge < -0.3 is 4.74 Å². The summed E-state index contributed by atoms with van der Waals surface area (Å²) in [6.07, 6.45) is 2.47. The summed E-state index contributed by atoms with van der Waals surface area (Å²) in [5.74, 6) is 0.297. The molecule has 0 aliphatic rings. The summed E-state index contributed by atoms with van der Waals surface area (Å²) < 4.78 is 4.99. The summed E-state index contributed by atoms with van der Waals surface area (Å²) in [7, 11) is 0. The van der Waals surface area contributed by atoms with E-state index in [1.54, 1.807) is 6.08 Å². The second-order valence-electron chi connectivity index (χ2n) is 3.94. The Morgan fingerprint density at radius 3 is 2.46 bits per heavy atom. The molecule has 0 aromatic carbocycles. The van der Waals surface area contributed by atoms with Crippen LogP contribution < -0.4 is 0 Å². The molecule has 0 amide bonds. The molecule has 13 heavy (non-hydrogen) atoms. The molecular weight excluding hydrogens is 164 g/mol. The summed E-state index contributed by atoms with van der Waals surface area (Å²) in [6.45, 7) is 12.0. The van der Waals surface area contributed by atoms with Crippen molar-refractivity contribution in [1.82, 2.24) is 0 Å². The average molecular weight is 184 g/mol. The Morgan fingerprint density at radius 2 is 2.15 bits per heavy atom. The van der Waals surface area contributed by atoms with E-state index in [9.17, 15) is 4.79 Å². The van der Waals surface area contributed by atoms with Gasteiger partial charge in [-0.1, -0.05) is 19.9 Å². The lowest BCUT2D eigenvalue weighted by atomic mass is 9.82. The summed E-state index contributed by atoms with van der Waals surface area (Å²) in [6, 6.07) is 0. The van der Waals surface area contributed by atoms with Crippen LogP contribution in [0.25, 0.3) is 0 Å². The molecule has 2 nitrogen and oxygen atoms in total. The maximum atomic E-state index is 11.5. The average Bonchev–Trinajstić information content (AvgIpc) is 2.03. The zero-order chi connectivity index (χ0) is 10.5. The molecule has 0 saturated carbocycles. The number of hydrogen-bond acceptors (Lipinski definition) is 2. The van der Waals surface area contributed by atoms with Crippen molar-refractivity contribution in [3.05, 3.63) is 12.7 Å². The number of ether oxygens (including phenoxy) is 1. The Morgan fingerprint density at radius 1 is 1.62 bits per heavy atom. The van der Waals surface area contributed by atoms with Crippen molar-refractivity contribution in [3.63, 3.8) is 0 Å². The van der Waals surface area contributed by atoms with E-state index < -0.39 is 5.41 Å². The number of hydrogen-bond donors (Lipinski definition) is 0. The maximum absolute atomic E-state index is 11.5. The lowest BCUT2D eigenvalue weighted by Gasteiger charge is -2.24. The van der Waals surface area contributed by atoms with E-state index in [0.717, 1.165) is 6.42 Å². The highest BCUT2D eigenvalue weighted by atomic mass is 16.5. The van der Waals surface area contributed by atoms with Crippen LogP contribution in [0.15, 0.2) is 12.7 Å². The van der Waals surface area contributed by atoms with E-state index in [2.05, 4.69) is 20.4 Å². The summed E-state index contributed by atoms with van der Waals surface area (Å²) in [5, 5.41) is 0. The third-order valence-electron chi connectivity index (χ3n) is 2.02. The van der Waals surface area contributed by atoms with E-state index in [-0.39, 0.29) is 5.97 Å². The third kappa shape index (κ3) is 3.62. The molecule has 0 bridgehead atoms. The predicted molar refractivity (Wildman–Crippen MR) is 54.4 cm³/mol. The van der Waals surface area contributed by atoms with Crippen molar-refractivity contribution in [1.29, 1.82) is 0 Å². The normalized spacial score (nSPS) is 15.2. The summed E-state index contributed by atoms with van der Waals surface area (Å²) in [4.78, 5) is 11.5. The number of carbonyl (C=O) groups is 1. The number of carbonyl (C=O) groups excluding carboxylic acids is 1. The van der Waals surface area contributed by atoms with E-state index in [0.29, 0.717) is 12.5 Å². The van der Waals surface area contributed by atoms with Gasteiger partial charge in [-0.15, -0.1) is 6.58 Å². The highest BCUT2D eigenvalue weighted by molar-refractivity contribution is 5.78. The Hall–Kier alpha value is -0.790. The molecule has 1 unspecified atom stereocenters. The molecule has 0 fully saturated rings. The molecule has 0 heterocycles. The van der Waals surface area contributed by atoms with Gasteiger partial charge >= 0.3 is 5.97 Å². The van der Waals surface area contributed by atoms with Gasteiger partial charge in [0.15, 0.2) is 0 Å². The van der Waals surface area contributed by atoms with E-state index in [4.69, 9.17) is 4.74 Å². The molecule has 0 aliphatic heterocycles. The fourth-order valence-electron chi connectivity index (χ4n) is 1.39. The van der Waals surface area contributed by atoms with Crippen molar-refractivity contribution < 1.29 is 9.53 Å². The van der Waals surface area contributed by atoms with Crippen LogP contribution in [0.5, 0.6) is 0 Å². The van der Waals surface area contributed by atoms with Gasteiger partial charge in [0.25, 0.3) is 0 Å². The Kier molecular flexibility index (Phi) is 4.74. The zero-order valence-corrected chi connectivity index (χ0v) is 9.09. The monoisotopic (exact) mass is 184 g/mol. The Bertz CT molecular complexity index is 185. The van der Waals surface area contributed by atoms with Crippen LogP contribution in [0.4, 0.5) is 0 Å². The van der Waals surface area contributed by atoms with Crippen LogP contribution in [0.2, 0.25) is 0 Å². The van der Waals surface area contributed by atoms with Gasteiger partial charge in [0, 0.05) is 0 Å². The van der Waals surface area contributed by atoms with Crippen LogP contribution in [0.1, 0.15) is 34.1 Å². The molecule has 2 heteroatoms. The smallest absolute Gasteiger partial charge is 0.315 e. The highest BCUT2D eigenvalue weighted by Gasteiger charge is 2.31. The van der Waals surface area contributed by atoms with Crippen LogP contribution in [-0.2, 0) is 9.53 Å². The van der Waals surface area contributed by atoms with Crippen LogP contribution in [-0.4, -0.2) is 12.6 Å². The second kappa shape index (κ2) is 5.05. The first-order valence-electron chi connectivity index (χ1n) is 4.77. The largest absolute Gasteiger partial charge is 0.465 e. The molecule has 0 radical (unpaired) electrons. The van der Waals surface area contributed by atoms with Gasteiger partial charge in [0.05, 0.1) is 12.0 Å². The van der Waals surface area contributed by atoms with Gasteiger partial charge in [-0.05, 0) is 26.2 Å². The first-order valence-corrected chi connectivity index (χ1v) is 4.77. The van der Waals surface area contributed by atoms with E-state index >= 15 is 0 Å². The second-order valence-corrected chi connectivity index (χ2v) is 3.94.